The lowest BCUT2D eigenvalue weighted by Crippen LogP contribution is -2.35. The highest BCUT2D eigenvalue weighted by Crippen LogP contribution is 2.19. The molecule has 0 aliphatic carbocycles. The summed E-state index contributed by atoms with van der Waals surface area (Å²) in [6.07, 6.45) is -4.23. The zero-order chi connectivity index (χ0) is 15.3. The molecule has 0 unspecified atom stereocenters. The van der Waals surface area contributed by atoms with E-state index >= 15 is 0 Å². The van der Waals surface area contributed by atoms with Crippen LogP contribution in [-0.2, 0) is 0 Å². The number of hydrogen-bond acceptors (Lipinski definition) is 5. The largest absolute Gasteiger partial charge is 0.401 e. The minimum Gasteiger partial charge on any atom is -0.356 e. The standard InChI is InChI=1S/C12H16F3N5/c1-8-9(2)18-19-11(10(8)6-16)20(3)5-4-17-7-12(13,14)15/h17H,4-5,7H2,1-3H3. The van der Waals surface area contributed by atoms with Crippen LogP contribution in [0.5, 0.6) is 0 Å². The van der Waals surface area contributed by atoms with Crippen LogP contribution >= 0.6 is 0 Å². The number of aryl methyl sites for hydroxylation is 1. The second-order valence-corrected chi connectivity index (χ2v) is 4.43. The van der Waals surface area contributed by atoms with Crippen molar-refractivity contribution in [3.63, 3.8) is 0 Å². The lowest BCUT2D eigenvalue weighted by molar-refractivity contribution is -0.124. The molecule has 1 aromatic heterocycles. The van der Waals surface area contributed by atoms with Gasteiger partial charge in [-0.3, -0.25) is 0 Å². The maximum atomic E-state index is 12.0. The molecule has 1 heterocycles. The van der Waals surface area contributed by atoms with E-state index in [-0.39, 0.29) is 6.54 Å². The Morgan fingerprint density at radius 2 is 1.95 bits per heavy atom. The van der Waals surface area contributed by atoms with Gasteiger partial charge in [-0.1, -0.05) is 0 Å². The summed E-state index contributed by atoms with van der Waals surface area (Å²) in [6, 6.07) is 2.06. The Kier molecular flexibility index (Phi) is 5.27. The molecule has 1 N–H and O–H groups in total. The van der Waals surface area contributed by atoms with Gasteiger partial charge in [-0.05, 0) is 19.4 Å². The van der Waals surface area contributed by atoms with Crippen LogP contribution in [0.1, 0.15) is 16.8 Å². The van der Waals surface area contributed by atoms with E-state index in [0.29, 0.717) is 23.6 Å². The molecule has 0 saturated heterocycles. The molecule has 110 valence electrons. The van der Waals surface area contributed by atoms with Crippen molar-refractivity contribution in [2.45, 2.75) is 20.0 Å². The van der Waals surface area contributed by atoms with E-state index in [1.165, 1.54) is 0 Å². The molecule has 5 nitrogen and oxygen atoms in total. The average molecular weight is 287 g/mol. The molecule has 0 radical (unpaired) electrons. The van der Waals surface area contributed by atoms with Crippen LogP contribution in [-0.4, -0.2) is 43.1 Å². The smallest absolute Gasteiger partial charge is 0.356 e. The molecule has 0 aliphatic rings. The Bertz CT molecular complexity index is 507. The van der Waals surface area contributed by atoms with Crippen molar-refractivity contribution >= 4 is 5.82 Å². The number of alkyl halides is 3. The Balaban J connectivity index is 2.67. The summed E-state index contributed by atoms with van der Waals surface area (Å²) < 4.78 is 35.9. The Morgan fingerprint density at radius 1 is 1.30 bits per heavy atom. The zero-order valence-electron chi connectivity index (χ0n) is 11.5. The van der Waals surface area contributed by atoms with Crippen molar-refractivity contribution in [2.24, 2.45) is 0 Å². The van der Waals surface area contributed by atoms with Crippen molar-refractivity contribution in [3.05, 3.63) is 16.8 Å². The minimum absolute atomic E-state index is 0.134. The van der Waals surface area contributed by atoms with Crippen molar-refractivity contribution in [3.8, 4) is 6.07 Å². The third kappa shape index (κ3) is 4.35. The lowest BCUT2D eigenvalue weighted by atomic mass is 10.1. The maximum Gasteiger partial charge on any atom is 0.401 e. The van der Waals surface area contributed by atoms with Crippen molar-refractivity contribution < 1.29 is 13.2 Å². The monoisotopic (exact) mass is 287 g/mol. The van der Waals surface area contributed by atoms with Crippen molar-refractivity contribution in [2.75, 3.05) is 31.6 Å². The van der Waals surface area contributed by atoms with Gasteiger partial charge in [0.15, 0.2) is 5.82 Å². The molecule has 0 aliphatic heterocycles. The third-order valence-electron chi connectivity index (χ3n) is 2.86. The second kappa shape index (κ2) is 6.52. The molecule has 0 atom stereocenters. The van der Waals surface area contributed by atoms with Gasteiger partial charge >= 0.3 is 6.18 Å². The number of aromatic nitrogens is 2. The van der Waals surface area contributed by atoms with Crippen LogP contribution in [0, 0.1) is 25.2 Å². The molecule has 1 rings (SSSR count). The predicted molar refractivity (Wildman–Crippen MR) is 68.4 cm³/mol. The molecule has 0 saturated carbocycles. The summed E-state index contributed by atoms with van der Waals surface area (Å²) in [4.78, 5) is 1.61. The molecule has 20 heavy (non-hydrogen) atoms. The van der Waals surface area contributed by atoms with E-state index in [2.05, 4.69) is 21.6 Å². The Labute approximate surface area is 115 Å². The predicted octanol–water partition coefficient (Wildman–Crippen LogP) is 1.55. The summed E-state index contributed by atoms with van der Waals surface area (Å²) >= 11 is 0. The molecular formula is C12H16F3N5. The first-order chi connectivity index (χ1) is 9.26. The fraction of sp³-hybridized carbons (Fsp3) is 0.583. The molecule has 0 aromatic carbocycles. The zero-order valence-corrected chi connectivity index (χ0v) is 11.5. The molecule has 0 fully saturated rings. The van der Waals surface area contributed by atoms with E-state index < -0.39 is 12.7 Å². The van der Waals surface area contributed by atoms with Gasteiger partial charge in [0, 0.05) is 20.1 Å². The summed E-state index contributed by atoms with van der Waals surface area (Å²) in [6.45, 7) is 2.90. The van der Waals surface area contributed by atoms with Gasteiger partial charge in [-0.25, -0.2) is 0 Å². The SMILES string of the molecule is Cc1nnc(N(C)CCNCC(F)(F)F)c(C#N)c1C. The van der Waals surface area contributed by atoms with Crippen molar-refractivity contribution in [1.82, 2.24) is 15.5 Å². The molecule has 0 spiro atoms. The van der Waals surface area contributed by atoms with Gasteiger partial charge in [0.25, 0.3) is 0 Å². The van der Waals surface area contributed by atoms with Crippen LogP contribution in [0.3, 0.4) is 0 Å². The van der Waals surface area contributed by atoms with Crippen LogP contribution < -0.4 is 10.2 Å². The number of nitrogens with one attached hydrogen (secondary N) is 1. The number of anilines is 1. The topological polar surface area (TPSA) is 64.8 Å². The summed E-state index contributed by atoms with van der Waals surface area (Å²) in [5.74, 6) is 0.379. The molecular weight excluding hydrogens is 271 g/mol. The number of rotatable bonds is 5. The Hall–Kier alpha value is -1.88. The highest BCUT2D eigenvalue weighted by atomic mass is 19.4. The highest BCUT2D eigenvalue weighted by molar-refractivity contribution is 5.57. The van der Waals surface area contributed by atoms with Gasteiger partial charge in [0.1, 0.15) is 11.6 Å². The van der Waals surface area contributed by atoms with E-state index in [9.17, 15) is 13.2 Å². The fourth-order valence-electron chi connectivity index (χ4n) is 1.58. The fourth-order valence-corrected chi connectivity index (χ4v) is 1.58. The van der Waals surface area contributed by atoms with Gasteiger partial charge in [-0.2, -0.15) is 23.5 Å². The molecule has 1 aromatic rings. The van der Waals surface area contributed by atoms with Crippen LogP contribution in [0.4, 0.5) is 19.0 Å². The number of likely N-dealkylation sites (N-methyl/N-ethyl adjacent to an activating group) is 1. The van der Waals surface area contributed by atoms with E-state index in [1.54, 1.807) is 25.8 Å². The first kappa shape index (κ1) is 16.2. The highest BCUT2D eigenvalue weighted by Gasteiger charge is 2.26. The van der Waals surface area contributed by atoms with Crippen LogP contribution in [0.2, 0.25) is 0 Å². The van der Waals surface area contributed by atoms with Gasteiger partial charge in [0.05, 0.1) is 12.2 Å². The second-order valence-electron chi connectivity index (χ2n) is 4.43. The van der Waals surface area contributed by atoms with Crippen LogP contribution in [0.25, 0.3) is 0 Å². The molecule has 0 amide bonds. The van der Waals surface area contributed by atoms with E-state index in [0.717, 1.165) is 5.56 Å². The van der Waals surface area contributed by atoms with Gasteiger partial charge < -0.3 is 10.2 Å². The number of hydrogen-bond donors (Lipinski definition) is 1. The first-order valence-electron chi connectivity index (χ1n) is 5.99. The van der Waals surface area contributed by atoms with E-state index in [4.69, 9.17) is 5.26 Å². The number of nitrogens with zero attached hydrogens (tertiary/aromatic N) is 4. The number of nitriles is 1. The lowest BCUT2D eigenvalue weighted by Gasteiger charge is -2.20. The first-order valence-corrected chi connectivity index (χ1v) is 5.99. The van der Waals surface area contributed by atoms with Crippen molar-refractivity contribution in [1.29, 1.82) is 5.26 Å². The third-order valence-corrected chi connectivity index (χ3v) is 2.86. The maximum absolute atomic E-state index is 12.0. The number of halogens is 3. The van der Waals surface area contributed by atoms with Gasteiger partial charge in [-0.15, -0.1) is 5.10 Å². The average Bonchev–Trinajstić information content (AvgIpc) is 2.36. The summed E-state index contributed by atoms with van der Waals surface area (Å²) in [5.41, 5.74) is 1.79. The Morgan fingerprint density at radius 3 is 2.50 bits per heavy atom. The molecule has 8 heteroatoms. The van der Waals surface area contributed by atoms with Crippen LogP contribution in [0.15, 0.2) is 0 Å². The quantitative estimate of drug-likeness (QED) is 0.832. The summed E-state index contributed by atoms with van der Waals surface area (Å²) in [7, 11) is 1.66. The summed E-state index contributed by atoms with van der Waals surface area (Å²) in [5, 5.41) is 19.3. The van der Waals surface area contributed by atoms with E-state index in [1.807, 2.05) is 0 Å². The molecule has 0 bridgehead atoms. The minimum atomic E-state index is -4.23. The van der Waals surface area contributed by atoms with Gasteiger partial charge in [0.2, 0.25) is 0 Å². The normalized spacial score (nSPS) is 11.2.